The molecule has 0 N–H and O–H groups in total. The van der Waals surface area contributed by atoms with Gasteiger partial charge in [0.15, 0.2) is 0 Å². The highest BCUT2D eigenvalue weighted by Crippen LogP contribution is 2.64. The minimum atomic E-state index is -8.91. The van der Waals surface area contributed by atoms with Gasteiger partial charge in [0.05, 0.1) is 0 Å². The first kappa shape index (κ1) is 38.9. The zero-order chi connectivity index (χ0) is 33.5. The number of halogens is 17. The second-order valence-electron chi connectivity index (χ2n) is 8.13. The minimum absolute atomic E-state index is 0.178. The largest absolute Gasteiger partial charge is 0.461 e. The Bertz CT molecular complexity index is 1070. The summed E-state index contributed by atoms with van der Waals surface area (Å²) in [6.07, 6.45) is -8.67. The van der Waals surface area contributed by atoms with E-state index in [4.69, 9.17) is 0 Å². The molecule has 0 saturated heterocycles. The molecule has 0 atom stereocenters. The Morgan fingerprint density at radius 2 is 1.05 bits per heavy atom. The average Bonchev–Trinajstić information content (AvgIpc) is 2.78. The van der Waals surface area contributed by atoms with Crippen molar-refractivity contribution >= 4 is 16.0 Å². The van der Waals surface area contributed by atoms with Crippen LogP contribution in [0.2, 0.25) is 0 Å². The molecule has 0 aromatic carbocycles. The fraction of sp³-hybridized carbons (Fsp3) is 0.833. The summed E-state index contributed by atoms with van der Waals surface area (Å²) in [6, 6.07) is 0. The van der Waals surface area contributed by atoms with Crippen molar-refractivity contribution in [2.45, 2.75) is 73.7 Å². The van der Waals surface area contributed by atoms with Crippen molar-refractivity contribution in [3.8, 4) is 0 Å². The second-order valence-corrected chi connectivity index (χ2v) is 10.1. The van der Waals surface area contributed by atoms with Crippen LogP contribution in [-0.2, 0) is 19.6 Å². The summed E-state index contributed by atoms with van der Waals surface area (Å²) in [6.45, 7) is 0.956. The van der Waals surface area contributed by atoms with E-state index in [0.717, 1.165) is 6.92 Å². The third-order valence-electron chi connectivity index (χ3n) is 5.04. The number of hydrogen-bond acceptors (Lipinski definition) is 4. The lowest BCUT2D eigenvalue weighted by molar-refractivity contribution is -0.458. The van der Waals surface area contributed by atoms with Crippen LogP contribution in [0.5, 0.6) is 0 Å². The van der Waals surface area contributed by atoms with Crippen molar-refractivity contribution in [3.05, 3.63) is 12.2 Å². The summed E-state index contributed by atoms with van der Waals surface area (Å²) in [5.41, 5.74) is -0.402. The molecule has 0 aliphatic heterocycles. The van der Waals surface area contributed by atoms with Gasteiger partial charge in [-0.25, -0.2) is 13.2 Å². The van der Waals surface area contributed by atoms with Gasteiger partial charge >= 0.3 is 52.9 Å². The van der Waals surface area contributed by atoms with Gasteiger partial charge in [0.25, 0.3) is 10.0 Å². The van der Waals surface area contributed by atoms with Gasteiger partial charge in [-0.15, -0.1) is 0 Å². The maximum atomic E-state index is 14.4. The zero-order valence-electron chi connectivity index (χ0n) is 20.2. The summed E-state index contributed by atoms with van der Waals surface area (Å²) in [7, 11) is -7.46. The SMILES string of the molecule is C=C(C)C(=O)OCCN(CCCC)S(=O)(=O)C(F)(F)C(F)(F)C(F)(F)C(F)(F)C(F)(F)C(F)(F)C(F)(F)C(F)(F)F. The normalized spacial score (nSPS) is 15.3. The first-order valence-corrected chi connectivity index (χ1v) is 11.8. The molecular formula is C18H18F17NO4S. The maximum Gasteiger partial charge on any atom is 0.460 e. The van der Waals surface area contributed by atoms with E-state index in [0.29, 0.717) is 0 Å². The molecule has 0 spiro atoms. The summed E-state index contributed by atoms with van der Waals surface area (Å²) in [4.78, 5) is 11.3. The van der Waals surface area contributed by atoms with Crippen molar-refractivity contribution in [1.29, 1.82) is 0 Å². The van der Waals surface area contributed by atoms with Gasteiger partial charge in [-0.05, 0) is 13.3 Å². The molecule has 0 unspecified atom stereocenters. The molecule has 0 bridgehead atoms. The van der Waals surface area contributed by atoms with Gasteiger partial charge in [-0.1, -0.05) is 19.9 Å². The van der Waals surface area contributed by atoms with Crippen molar-refractivity contribution < 1.29 is 92.6 Å². The number of hydrogen-bond donors (Lipinski definition) is 0. The van der Waals surface area contributed by atoms with E-state index in [-0.39, 0.29) is 6.42 Å². The number of ether oxygens (including phenoxy) is 1. The lowest BCUT2D eigenvalue weighted by atomic mass is 9.91. The molecule has 0 aliphatic carbocycles. The van der Waals surface area contributed by atoms with E-state index in [1.54, 1.807) is 0 Å². The number of carbonyl (C=O) groups excluding carboxylic acids is 1. The van der Waals surface area contributed by atoms with E-state index in [2.05, 4.69) is 11.3 Å². The van der Waals surface area contributed by atoms with Crippen molar-refractivity contribution in [3.63, 3.8) is 0 Å². The number of unbranched alkanes of at least 4 members (excludes halogenated alkanes) is 1. The van der Waals surface area contributed by atoms with Gasteiger partial charge in [-0.2, -0.15) is 78.9 Å². The summed E-state index contributed by atoms with van der Waals surface area (Å²) < 4.78 is 257. The molecule has 5 nitrogen and oxygen atoms in total. The molecule has 0 aliphatic rings. The Balaban J connectivity index is 6.90. The van der Waals surface area contributed by atoms with Gasteiger partial charge in [0.1, 0.15) is 6.61 Å². The summed E-state index contributed by atoms with van der Waals surface area (Å²) in [5, 5.41) is -7.67. The predicted octanol–water partition coefficient (Wildman–Crippen LogP) is 6.50. The number of rotatable bonds is 15. The fourth-order valence-electron chi connectivity index (χ4n) is 2.52. The van der Waals surface area contributed by atoms with E-state index in [9.17, 15) is 87.8 Å². The maximum absolute atomic E-state index is 14.4. The van der Waals surface area contributed by atoms with Crippen LogP contribution in [0.1, 0.15) is 26.7 Å². The van der Waals surface area contributed by atoms with Gasteiger partial charge in [0, 0.05) is 18.7 Å². The van der Waals surface area contributed by atoms with Gasteiger partial charge in [0.2, 0.25) is 0 Å². The molecule has 0 heterocycles. The number of carbonyl (C=O) groups is 1. The van der Waals surface area contributed by atoms with Crippen LogP contribution in [0.25, 0.3) is 0 Å². The van der Waals surface area contributed by atoms with Gasteiger partial charge in [-0.3, -0.25) is 0 Å². The number of sulfonamides is 1. The Morgan fingerprint density at radius 3 is 1.39 bits per heavy atom. The molecule has 0 fully saturated rings. The third-order valence-corrected chi connectivity index (χ3v) is 6.99. The van der Waals surface area contributed by atoms with E-state index in [1.807, 2.05) is 0 Å². The van der Waals surface area contributed by atoms with Crippen LogP contribution < -0.4 is 0 Å². The molecule has 0 aromatic heterocycles. The summed E-state index contributed by atoms with van der Waals surface area (Å²) in [5.74, 6) is -53.4. The number of nitrogens with zero attached hydrogens (tertiary/aromatic N) is 1. The molecule has 0 saturated carbocycles. The molecule has 244 valence electrons. The van der Waals surface area contributed by atoms with Crippen molar-refractivity contribution in [1.82, 2.24) is 4.31 Å². The number of alkyl halides is 17. The highest BCUT2D eigenvalue weighted by Gasteiger charge is 2.96. The second kappa shape index (κ2) is 11.5. The van der Waals surface area contributed by atoms with Crippen LogP contribution in [-0.4, -0.2) is 85.4 Å². The third kappa shape index (κ3) is 6.05. The molecule has 41 heavy (non-hydrogen) atoms. The number of esters is 1. The quantitative estimate of drug-likeness (QED) is 0.114. The van der Waals surface area contributed by atoms with Crippen LogP contribution in [0.3, 0.4) is 0 Å². The van der Waals surface area contributed by atoms with Crippen molar-refractivity contribution in [2.75, 3.05) is 19.7 Å². The predicted molar refractivity (Wildman–Crippen MR) is 102 cm³/mol. The standard InChI is InChI=1S/C18H18F17NO4S/c1-4-5-6-36(7-8-40-10(37)9(2)3)41(38,39)18(34,35)16(29,30)14(25,26)12(21,22)11(19,20)13(23,24)15(27,28)17(31,32)33/h2,4-8H2,1,3H3. The molecule has 0 aromatic rings. The fourth-order valence-corrected chi connectivity index (χ4v) is 3.98. The Labute approximate surface area is 219 Å². The van der Waals surface area contributed by atoms with Crippen LogP contribution in [0, 0.1) is 0 Å². The zero-order valence-corrected chi connectivity index (χ0v) is 21.0. The highest BCUT2D eigenvalue weighted by molar-refractivity contribution is 7.90. The van der Waals surface area contributed by atoms with Crippen LogP contribution >= 0.6 is 0 Å². The Morgan fingerprint density at radius 1 is 0.683 bits per heavy atom. The molecule has 0 amide bonds. The van der Waals surface area contributed by atoms with E-state index < -0.39 is 99.0 Å². The van der Waals surface area contributed by atoms with E-state index in [1.165, 1.54) is 6.92 Å². The van der Waals surface area contributed by atoms with E-state index >= 15 is 0 Å². The summed E-state index contributed by atoms with van der Waals surface area (Å²) >= 11 is 0. The lowest BCUT2D eigenvalue weighted by Crippen LogP contribution is -2.75. The van der Waals surface area contributed by atoms with Gasteiger partial charge < -0.3 is 4.74 Å². The van der Waals surface area contributed by atoms with Crippen LogP contribution in [0.15, 0.2) is 12.2 Å². The monoisotopic (exact) mass is 667 g/mol. The Hall–Kier alpha value is -2.07. The minimum Gasteiger partial charge on any atom is -0.461 e. The first-order chi connectivity index (χ1) is 17.8. The molecule has 0 rings (SSSR count). The average molecular weight is 667 g/mol. The first-order valence-electron chi connectivity index (χ1n) is 10.3. The topological polar surface area (TPSA) is 63.7 Å². The smallest absolute Gasteiger partial charge is 0.460 e. The van der Waals surface area contributed by atoms with Crippen molar-refractivity contribution in [2.24, 2.45) is 0 Å². The molecule has 23 heteroatoms. The Kier molecular flexibility index (Phi) is 11.0. The molecule has 0 radical (unpaired) electrons. The molecular weight excluding hydrogens is 649 g/mol. The lowest BCUT2D eigenvalue weighted by Gasteiger charge is -2.43. The highest BCUT2D eigenvalue weighted by atomic mass is 32.2. The van der Waals surface area contributed by atoms with Crippen LogP contribution in [0.4, 0.5) is 74.6 Å².